The predicted octanol–water partition coefficient (Wildman–Crippen LogP) is 3.62. The molecule has 1 fully saturated rings. The lowest BCUT2D eigenvalue weighted by Gasteiger charge is -2.33. The molecule has 21 heavy (non-hydrogen) atoms. The number of morpholine rings is 1. The Morgan fingerprint density at radius 3 is 2.86 bits per heavy atom. The summed E-state index contributed by atoms with van der Waals surface area (Å²) in [5.41, 5.74) is 1.03. The van der Waals surface area contributed by atoms with Crippen LogP contribution in [0, 0.1) is 0 Å². The maximum absolute atomic E-state index is 10.5. The molecule has 1 aliphatic rings. The van der Waals surface area contributed by atoms with Crippen molar-refractivity contribution in [1.82, 2.24) is 4.90 Å². The maximum atomic E-state index is 10.5. The first-order valence-corrected chi connectivity index (χ1v) is 7.82. The minimum absolute atomic E-state index is 0.00649. The molecule has 1 aromatic carbocycles. The van der Waals surface area contributed by atoms with E-state index in [4.69, 9.17) is 33.0 Å². The number of aliphatic carboxylic acids is 1. The van der Waals surface area contributed by atoms with Gasteiger partial charge in [0.15, 0.2) is 0 Å². The van der Waals surface area contributed by atoms with Crippen LogP contribution in [-0.2, 0) is 9.53 Å². The standard InChI is InChI=1S/C15H19Cl2NO3/c16-12-5-4-11(9-13(12)17)14-10-18(7-8-21-14)6-2-1-3-15(19)20/h4-5,9,14H,1-3,6-8,10H2,(H,19,20)/t14-/m1/s1. The first kappa shape index (κ1) is 16.6. The summed E-state index contributed by atoms with van der Waals surface area (Å²) in [6.45, 7) is 3.24. The molecular formula is C15H19Cl2NO3. The van der Waals surface area contributed by atoms with E-state index in [0.717, 1.165) is 31.6 Å². The van der Waals surface area contributed by atoms with Crippen LogP contribution in [-0.4, -0.2) is 42.2 Å². The number of unbranched alkanes of at least 4 members (excludes halogenated alkanes) is 1. The molecule has 0 bridgehead atoms. The van der Waals surface area contributed by atoms with Crippen molar-refractivity contribution >= 4 is 29.2 Å². The molecule has 1 N–H and O–H groups in total. The highest BCUT2D eigenvalue weighted by atomic mass is 35.5. The fourth-order valence-corrected chi connectivity index (χ4v) is 2.74. The Labute approximate surface area is 134 Å². The molecule has 116 valence electrons. The van der Waals surface area contributed by atoms with Crippen LogP contribution in [0.15, 0.2) is 18.2 Å². The highest BCUT2D eigenvalue weighted by Crippen LogP contribution is 2.29. The van der Waals surface area contributed by atoms with Crippen LogP contribution in [0.25, 0.3) is 0 Å². The van der Waals surface area contributed by atoms with Crippen LogP contribution in [0.5, 0.6) is 0 Å². The summed E-state index contributed by atoms with van der Waals surface area (Å²) < 4.78 is 5.80. The zero-order valence-corrected chi connectivity index (χ0v) is 13.2. The molecule has 1 heterocycles. The predicted molar refractivity (Wildman–Crippen MR) is 83.1 cm³/mol. The van der Waals surface area contributed by atoms with E-state index in [-0.39, 0.29) is 12.5 Å². The van der Waals surface area contributed by atoms with E-state index < -0.39 is 5.97 Å². The molecule has 0 amide bonds. The second kappa shape index (κ2) is 7.99. The third kappa shape index (κ3) is 5.15. The van der Waals surface area contributed by atoms with Crippen molar-refractivity contribution in [2.24, 2.45) is 0 Å². The summed E-state index contributed by atoms with van der Waals surface area (Å²) in [5, 5.41) is 9.71. The van der Waals surface area contributed by atoms with Gasteiger partial charge in [-0.1, -0.05) is 29.3 Å². The largest absolute Gasteiger partial charge is 0.481 e. The van der Waals surface area contributed by atoms with Gasteiger partial charge in [0.05, 0.1) is 22.8 Å². The third-order valence-electron chi connectivity index (χ3n) is 3.58. The molecule has 2 rings (SSSR count). The Bertz CT molecular complexity index is 496. The number of carbonyl (C=O) groups is 1. The molecular weight excluding hydrogens is 313 g/mol. The van der Waals surface area contributed by atoms with Gasteiger partial charge in [0.2, 0.25) is 0 Å². The van der Waals surface area contributed by atoms with Gasteiger partial charge in [-0.05, 0) is 37.1 Å². The van der Waals surface area contributed by atoms with E-state index in [9.17, 15) is 4.79 Å². The monoisotopic (exact) mass is 331 g/mol. The first-order valence-electron chi connectivity index (χ1n) is 7.07. The lowest BCUT2D eigenvalue weighted by Crippen LogP contribution is -2.38. The zero-order valence-electron chi connectivity index (χ0n) is 11.7. The van der Waals surface area contributed by atoms with Crippen LogP contribution in [0.3, 0.4) is 0 Å². The lowest BCUT2D eigenvalue weighted by atomic mass is 10.1. The van der Waals surface area contributed by atoms with E-state index in [0.29, 0.717) is 23.1 Å². The number of benzene rings is 1. The van der Waals surface area contributed by atoms with Gasteiger partial charge in [-0.3, -0.25) is 9.69 Å². The summed E-state index contributed by atoms with van der Waals surface area (Å²) in [6.07, 6.45) is 1.83. The van der Waals surface area contributed by atoms with Gasteiger partial charge in [-0.15, -0.1) is 0 Å². The molecule has 1 saturated heterocycles. The fourth-order valence-electron chi connectivity index (χ4n) is 2.43. The summed E-state index contributed by atoms with van der Waals surface area (Å²) in [6, 6.07) is 5.57. The number of carboxylic acids is 1. The third-order valence-corrected chi connectivity index (χ3v) is 4.32. The summed E-state index contributed by atoms with van der Waals surface area (Å²) >= 11 is 12.0. The summed E-state index contributed by atoms with van der Waals surface area (Å²) in [5.74, 6) is -0.731. The minimum atomic E-state index is -0.731. The SMILES string of the molecule is O=C(O)CCCCN1CCO[C@@H](c2ccc(Cl)c(Cl)c2)C1. The van der Waals surface area contributed by atoms with Crippen molar-refractivity contribution in [1.29, 1.82) is 0 Å². The Hall–Kier alpha value is -0.810. The van der Waals surface area contributed by atoms with Gasteiger partial charge in [-0.2, -0.15) is 0 Å². The second-order valence-corrected chi connectivity index (χ2v) is 6.00. The Morgan fingerprint density at radius 2 is 2.14 bits per heavy atom. The molecule has 1 aliphatic heterocycles. The number of carboxylic acid groups (broad SMARTS) is 1. The minimum Gasteiger partial charge on any atom is -0.481 e. The number of halogens is 2. The number of rotatable bonds is 6. The Kier molecular flexibility index (Phi) is 6.30. The van der Waals surface area contributed by atoms with Crippen LogP contribution in [0.4, 0.5) is 0 Å². The number of hydrogen-bond acceptors (Lipinski definition) is 3. The molecule has 0 saturated carbocycles. The topological polar surface area (TPSA) is 49.8 Å². The normalized spacial score (nSPS) is 19.6. The molecule has 1 aromatic rings. The molecule has 0 spiro atoms. The molecule has 4 nitrogen and oxygen atoms in total. The number of nitrogens with zero attached hydrogens (tertiary/aromatic N) is 1. The summed E-state index contributed by atoms with van der Waals surface area (Å²) in [7, 11) is 0. The lowest BCUT2D eigenvalue weighted by molar-refractivity contribution is -0.137. The van der Waals surface area contributed by atoms with E-state index in [2.05, 4.69) is 4.90 Å². The van der Waals surface area contributed by atoms with Gasteiger partial charge >= 0.3 is 5.97 Å². The van der Waals surface area contributed by atoms with Gasteiger partial charge in [0.25, 0.3) is 0 Å². The number of ether oxygens (including phenoxy) is 1. The van der Waals surface area contributed by atoms with E-state index in [1.165, 1.54) is 0 Å². The van der Waals surface area contributed by atoms with Crippen LogP contribution in [0.1, 0.15) is 30.9 Å². The van der Waals surface area contributed by atoms with Crippen LogP contribution in [0.2, 0.25) is 10.0 Å². The summed E-state index contributed by atoms with van der Waals surface area (Å²) in [4.78, 5) is 12.8. The second-order valence-electron chi connectivity index (χ2n) is 5.18. The van der Waals surface area contributed by atoms with Crippen LogP contribution < -0.4 is 0 Å². The van der Waals surface area contributed by atoms with Crippen molar-refractivity contribution in [3.63, 3.8) is 0 Å². The van der Waals surface area contributed by atoms with Crippen molar-refractivity contribution in [2.45, 2.75) is 25.4 Å². The Balaban J connectivity index is 1.85. The highest BCUT2D eigenvalue weighted by molar-refractivity contribution is 6.42. The van der Waals surface area contributed by atoms with Gasteiger partial charge in [0, 0.05) is 19.5 Å². The van der Waals surface area contributed by atoms with Crippen molar-refractivity contribution in [2.75, 3.05) is 26.2 Å². The van der Waals surface area contributed by atoms with Crippen molar-refractivity contribution < 1.29 is 14.6 Å². The van der Waals surface area contributed by atoms with E-state index in [1.807, 2.05) is 12.1 Å². The average Bonchev–Trinajstić information content (AvgIpc) is 2.47. The van der Waals surface area contributed by atoms with Crippen molar-refractivity contribution in [3.8, 4) is 0 Å². The van der Waals surface area contributed by atoms with Gasteiger partial charge in [-0.25, -0.2) is 0 Å². The van der Waals surface area contributed by atoms with Crippen LogP contribution >= 0.6 is 23.2 Å². The van der Waals surface area contributed by atoms with Gasteiger partial charge in [0.1, 0.15) is 0 Å². The van der Waals surface area contributed by atoms with Gasteiger partial charge < -0.3 is 9.84 Å². The number of hydrogen-bond donors (Lipinski definition) is 1. The highest BCUT2D eigenvalue weighted by Gasteiger charge is 2.22. The van der Waals surface area contributed by atoms with E-state index >= 15 is 0 Å². The molecule has 6 heteroatoms. The average molecular weight is 332 g/mol. The Morgan fingerprint density at radius 1 is 1.33 bits per heavy atom. The zero-order chi connectivity index (χ0) is 15.2. The van der Waals surface area contributed by atoms with Crippen molar-refractivity contribution in [3.05, 3.63) is 33.8 Å². The molecule has 0 aromatic heterocycles. The quantitative estimate of drug-likeness (QED) is 0.809. The van der Waals surface area contributed by atoms with E-state index in [1.54, 1.807) is 6.07 Å². The molecule has 0 unspecified atom stereocenters. The molecule has 0 aliphatic carbocycles. The molecule has 1 atom stereocenters. The fraction of sp³-hybridized carbons (Fsp3) is 0.533. The smallest absolute Gasteiger partial charge is 0.303 e. The maximum Gasteiger partial charge on any atom is 0.303 e. The first-order chi connectivity index (χ1) is 10.1. The molecule has 0 radical (unpaired) electrons.